The molecule has 2 N–H and O–H groups in total. The van der Waals surface area contributed by atoms with Crippen LogP contribution in [0.3, 0.4) is 0 Å². The molecular formula is C8H8Br2O2. The first-order valence-electron chi connectivity index (χ1n) is 3.37. The number of aliphatic hydroxyl groups is 2. The molecule has 66 valence electrons. The van der Waals surface area contributed by atoms with Gasteiger partial charge in [-0.05, 0) is 23.3 Å². The van der Waals surface area contributed by atoms with Gasteiger partial charge in [0.25, 0.3) is 0 Å². The molecule has 0 unspecified atom stereocenters. The second kappa shape index (κ2) is 4.37. The molecule has 1 aromatic carbocycles. The normalized spacial score (nSPS) is 10.3. The van der Waals surface area contributed by atoms with Crippen LogP contribution in [0, 0.1) is 0 Å². The van der Waals surface area contributed by atoms with Gasteiger partial charge in [-0.15, -0.1) is 0 Å². The highest BCUT2D eigenvalue weighted by atomic mass is 79.9. The molecule has 0 atom stereocenters. The van der Waals surface area contributed by atoms with E-state index < -0.39 is 0 Å². The van der Waals surface area contributed by atoms with Gasteiger partial charge in [0.2, 0.25) is 0 Å². The molecular weight excluding hydrogens is 288 g/mol. The first kappa shape index (κ1) is 10.2. The number of aliphatic hydroxyl groups excluding tert-OH is 2. The van der Waals surface area contributed by atoms with Crippen LogP contribution in [-0.2, 0) is 13.2 Å². The average molecular weight is 296 g/mol. The van der Waals surface area contributed by atoms with Gasteiger partial charge in [0.05, 0.1) is 13.2 Å². The molecule has 1 aromatic rings. The number of rotatable bonds is 2. The Morgan fingerprint density at radius 1 is 0.917 bits per heavy atom. The molecule has 0 radical (unpaired) electrons. The predicted molar refractivity (Wildman–Crippen MR) is 53.7 cm³/mol. The van der Waals surface area contributed by atoms with Crippen molar-refractivity contribution in [3.05, 3.63) is 32.2 Å². The lowest BCUT2D eigenvalue weighted by atomic mass is 10.1. The largest absolute Gasteiger partial charge is 0.392 e. The van der Waals surface area contributed by atoms with Gasteiger partial charge < -0.3 is 10.2 Å². The van der Waals surface area contributed by atoms with E-state index in [0.29, 0.717) is 0 Å². The number of benzene rings is 1. The maximum atomic E-state index is 8.89. The van der Waals surface area contributed by atoms with Gasteiger partial charge in [-0.1, -0.05) is 31.9 Å². The van der Waals surface area contributed by atoms with E-state index in [-0.39, 0.29) is 13.2 Å². The smallest absolute Gasteiger partial charge is 0.0693 e. The molecule has 12 heavy (non-hydrogen) atoms. The first-order chi connectivity index (χ1) is 5.69. The fraction of sp³-hybridized carbons (Fsp3) is 0.250. The minimum atomic E-state index is -0.00904. The fourth-order valence-corrected chi connectivity index (χ4v) is 1.90. The minimum Gasteiger partial charge on any atom is -0.392 e. The monoisotopic (exact) mass is 294 g/mol. The van der Waals surface area contributed by atoms with Crippen LogP contribution < -0.4 is 0 Å². The standard InChI is InChI=1S/C8H8Br2O2/c9-7-1-5(3-11)8(10)2-6(7)4-12/h1-2,11-12H,3-4H2. The van der Waals surface area contributed by atoms with E-state index in [4.69, 9.17) is 10.2 Å². The molecule has 0 aliphatic heterocycles. The second-order valence-electron chi connectivity index (χ2n) is 2.35. The zero-order valence-electron chi connectivity index (χ0n) is 6.22. The Morgan fingerprint density at radius 2 is 1.25 bits per heavy atom. The third-order valence-electron chi connectivity index (χ3n) is 1.56. The van der Waals surface area contributed by atoms with Crippen molar-refractivity contribution in [2.75, 3.05) is 0 Å². The van der Waals surface area contributed by atoms with Crippen LogP contribution in [0.4, 0.5) is 0 Å². The van der Waals surface area contributed by atoms with E-state index in [0.717, 1.165) is 20.1 Å². The molecule has 0 aliphatic carbocycles. The highest BCUT2D eigenvalue weighted by Gasteiger charge is 2.04. The molecule has 0 amide bonds. The number of halogens is 2. The zero-order valence-corrected chi connectivity index (χ0v) is 9.39. The van der Waals surface area contributed by atoms with Crippen LogP contribution in [0.1, 0.15) is 11.1 Å². The summed E-state index contributed by atoms with van der Waals surface area (Å²) in [5.74, 6) is 0. The predicted octanol–water partition coefficient (Wildman–Crippen LogP) is 2.20. The van der Waals surface area contributed by atoms with E-state index in [1.54, 1.807) is 12.1 Å². The molecule has 0 bridgehead atoms. The lowest BCUT2D eigenvalue weighted by molar-refractivity contribution is 0.276. The van der Waals surface area contributed by atoms with Crippen molar-refractivity contribution in [2.24, 2.45) is 0 Å². The average Bonchev–Trinajstić information content (AvgIpc) is 2.08. The lowest BCUT2D eigenvalue weighted by Gasteiger charge is -2.05. The molecule has 0 aromatic heterocycles. The summed E-state index contributed by atoms with van der Waals surface area (Å²) in [6, 6.07) is 3.57. The molecule has 0 spiro atoms. The van der Waals surface area contributed by atoms with E-state index in [1.807, 2.05) is 0 Å². The van der Waals surface area contributed by atoms with E-state index in [2.05, 4.69) is 31.9 Å². The summed E-state index contributed by atoms with van der Waals surface area (Å²) in [5.41, 5.74) is 1.61. The minimum absolute atomic E-state index is 0.00904. The molecule has 0 fully saturated rings. The molecule has 2 nitrogen and oxygen atoms in total. The van der Waals surface area contributed by atoms with Crippen molar-refractivity contribution in [1.82, 2.24) is 0 Å². The summed E-state index contributed by atoms with van der Waals surface area (Å²) >= 11 is 6.58. The van der Waals surface area contributed by atoms with Gasteiger partial charge >= 0.3 is 0 Å². The lowest BCUT2D eigenvalue weighted by Crippen LogP contribution is -1.91. The highest BCUT2D eigenvalue weighted by Crippen LogP contribution is 2.25. The summed E-state index contributed by atoms with van der Waals surface area (Å²) in [4.78, 5) is 0. The third kappa shape index (κ3) is 2.07. The Bertz CT molecular complexity index is 257. The van der Waals surface area contributed by atoms with Gasteiger partial charge in [0.15, 0.2) is 0 Å². The van der Waals surface area contributed by atoms with Crippen LogP contribution in [0.15, 0.2) is 21.1 Å². The van der Waals surface area contributed by atoms with E-state index in [9.17, 15) is 0 Å². The van der Waals surface area contributed by atoms with Crippen molar-refractivity contribution < 1.29 is 10.2 Å². The Balaban J connectivity index is 3.16. The Morgan fingerprint density at radius 3 is 1.50 bits per heavy atom. The molecule has 4 heteroatoms. The number of hydrogen-bond acceptors (Lipinski definition) is 2. The Kier molecular flexibility index (Phi) is 3.71. The van der Waals surface area contributed by atoms with Crippen molar-refractivity contribution >= 4 is 31.9 Å². The molecule has 1 rings (SSSR count). The van der Waals surface area contributed by atoms with Crippen LogP contribution in [0.2, 0.25) is 0 Å². The quantitative estimate of drug-likeness (QED) is 0.878. The first-order valence-corrected chi connectivity index (χ1v) is 4.96. The summed E-state index contributed by atoms with van der Waals surface area (Å²) < 4.78 is 1.63. The maximum absolute atomic E-state index is 8.89. The Labute approximate surface area is 87.5 Å². The maximum Gasteiger partial charge on any atom is 0.0693 e. The van der Waals surface area contributed by atoms with E-state index >= 15 is 0 Å². The Hall–Kier alpha value is 0.1000. The van der Waals surface area contributed by atoms with Crippen molar-refractivity contribution in [3.8, 4) is 0 Å². The summed E-state index contributed by atoms with van der Waals surface area (Å²) in [6.45, 7) is -0.0181. The van der Waals surface area contributed by atoms with Crippen LogP contribution in [0.25, 0.3) is 0 Å². The zero-order chi connectivity index (χ0) is 9.14. The highest BCUT2D eigenvalue weighted by molar-refractivity contribution is 9.11. The van der Waals surface area contributed by atoms with Gasteiger partial charge in [-0.2, -0.15) is 0 Å². The van der Waals surface area contributed by atoms with Gasteiger partial charge in [0, 0.05) is 8.95 Å². The fourth-order valence-electron chi connectivity index (χ4n) is 0.872. The second-order valence-corrected chi connectivity index (χ2v) is 4.06. The van der Waals surface area contributed by atoms with Crippen molar-refractivity contribution in [2.45, 2.75) is 13.2 Å². The van der Waals surface area contributed by atoms with Crippen LogP contribution in [0.5, 0.6) is 0 Å². The summed E-state index contributed by atoms with van der Waals surface area (Å²) in [5, 5.41) is 17.8. The molecule has 0 heterocycles. The summed E-state index contributed by atoms with van der Waals surface area (Å²) in [6.07, 6.45) is 0. The van der Waals surface area contributed by atoms with Gasteiger partial charge in [-0.3, -0.25) is 0 Å². The van der Waals surface area contributed by atoms with Crippen LogP contribution in [-0.4, -0.2) is 10.2 Å². The molecule has 0 saturated carbocycles. The van der Waals surface area contributed by atoms with E-state index in [1.165, 1.54) is 0 Å². The topological polar surface area (TPSA) is 40.5 Å². The van der Waals surface area contributed by atoms with Gasteiger partial charge in [-0.25, -0.2) is 0 Å². The van der Waals surface area contributed by atoms with Crippen molar-refractivity contribution in [1.29, 1.82) is 0 Å². The third-order valence-corrected chi connectivity index (χ3v) is 3.03. The molecule has 0 aliphatic rings. The molecule has 0 saturated heterocycles. The van der Waals surface area contributed by atoms with Crippen LogP contribution >= 0.6 is 31.9 Å². The summed E-state index contributed by atoms with van der Waals surface area (Å²) in [7, 11) is 0. The SMILES string of the molecule is OCc1cc(Br)c(CO)cc1Br. The number of hydrogen-bond donors (Lipinski definition) is 2. The van der Waals surface area contributed by atoms with Crippen molar-refractivity contribution in [3.63, 3.8) is 0 Å². The van der Waals surface area contributed by atoms with Gasteiger partial charge in [0.1, 0.15) is 0 Å².